The molecule has 0 bridgehead atoms. The first kappa shape index (κ1) is 20.2. The lowest BCUT2D eigenvalue weighted by Crippen LogP contribution is -2.07. The molecule has 27 heavy (non-hydrogen) atoms. The molecule has 0 fully saturated rings. The van der Waals surface area contributed by atoms with Gasteiger partial charge in [-0.15, -0.1) is 0 Å². The number of carbonyl (C=O) groups is 2. The lowest BCUT2D eigenvalue weighted by atomic mass is 9.86. The molecule has 0 aromatic heterocycles. The fourth-order valence-corrected chi connectivity index (χ4v) is 3.07. The van der Waals surface area contributed by atoms with Gasteiger partial charge in [0.2, 0.25) is 0 Å². The number of aryl methyl sites for hydroxylation is 3. The summed E-state index contributed by atoms with van der Waals surface area (Å²) in [5.74, 6) is -1.39. The van der Waals surface area contributed by atoms with Crippen LogP contribution in [0, 0.1) is 20.8 Å². The number of hydrogen-bond donors (Lipinski definition) is 1. The lowest BCUT2D eigenvalue weighted by molar-refractivity contribution is -0.136. The van der Waals surface area contributed by atoms with E-state index in [0.29, 0.717) is 0 Å². The zero-order valence-electron chi connectivity index (χ0n) is 16.1. The first-order valence-electron chi connectivity index (χ1n) is 8.61. The maximum atomic E-state index is 11.6. The first-order valence-corrected chi connectivity index (χ1v) is 8.61. The summed E-state index contributed by atoms with van der Waals surface area (Å²) in [5, 5.41) is 9.40. The Labute approximate surface area is 159 Å². The van der Waals surface area contributed by atoms with Crippen LogP contribution in [0.15, 0.2) is 48.6 Å². The van der Waals surface area contributed by atoms with Gasteiger partial charge in [-0.05, 0) is 60.2 Å². The van der Waals surface area contributed by atoms with E-state index in [-0.39, 0.29) is 12.0 Å². The van der Waals surface area contributed by atoms with Gasteiger partial charge in [0.15, 0.2) is 0 Å². The van der Waals surface area contributed by atoms with Crippen molar-refractivity contribution in [1.29, 1.82) is 0 Å². The van der Waals surface area contributed by atoms with E-state index in [9.17, 15) is 14.7 Å². The Morgan fingerprint density at radius 2 is 1.74 bits per heavy atom. The van der Waals surface area contributed by atoms with Crippen molar-refractivity contribution in [3.63, 3.8) is 0 Å². The summed E-state index contributed by atoms with van der Waals surface area (Å²) in [7, 11) is 1.31. The van der Waals surface area contributed by atoms with Gasteiger partial charge >= 0.3 is 11.9 Å². The molecule has 2 aromatic rings. The molecule has 2 rings (SSSR count). The van der Waals surface area contributed by atoms with Crippen LogP contribution in [0.25, 0.3) is 17.2 Å². The van der Waals surface area contributed by atoms with Crippen LogP contribution in [0.4, 0.5) is 0 Å². The van der Waals surface area contributed by atoms with Crippen LogP contribution in [0.5, 0.6) is 0 Å². The number of rotatable bonds is 6. The molecule has 0 aliphatic rings. The molecule has 0 aliphatic carbocycles. The Balaban J connectivity index is 2.72. The van der Waals surface area contributed by atoms with Crippen molar-refractivity contribution in [1.82, 2.24) is 0 Å². The highest BCUT2D eigenvalue weighted by molar-refractivity contribution is 5.93. The molecule has 0 spiro atoms. The average Bonchev–Trinajstić information content (AvgIpc) is 2.62. The topological polar surface area (TPSA) is 63.6 Å². The van der Waals surface area contributed by atoms with Crippen molar-refractivity contribution in [2.24, 2.45) is 0 Å². The van der Waals surface area contributed by atoms with Crippen LogP contribution >= 0.6 is 0 Å². The minimum absolute atomic E-state index is 0.0753. The second kappa shape index (κ2) is 8.49. The summed E-state index contributed by atoms with van der Waals surface area (Å²) in [4.78, 5) is 23.1. The molecule has 0 amide bonds. The van der Waals surface area contributed by atoms with E-state index in [4.69, 9.17) is 0 Å². The smallest absolute Gasteiger partial charge is 0.337 e. The van der Waals surface area contributed by atoms with E-state index in [0.717, 1.165) is 38.9 Å². The summed E-state index contributed by atoms with van der Waals surface area (Å²) < 4.78 is 4.69. The standard InChI is InChI=1S/C23H24O4/c1-14-6-9-18(10-7-14)22-19(11-8-15(2)23(26)27-5)16(3)12-17(4)20(22)13-21(24)25/h6-12H,2,13H2,1,3-5H3,(H,24,25)/b11-8-. The van der Waals surface area contributed by atoms with Crippen LogP contribution in [0.1, 0.15) is 27.8 Å². The van der Waals surface area contributed by atoms with E-state index in [2.05, 4.69) is 11.3 Å². The first-order chi connectivity index (χ1) is 12.7. The molecule has 2 aromatic carbocycles. The van der Waals surface area contributed by atoms with Gasteiger partial charge < -0.3 is 9.84 Å². The maximum Gasteiger partial charge on any atom is 0.337 e. The predicted molar refractivity (Wildman–Crippen MR) is 108 cm³/mol. The highest BCUT2D eigenvalue weighted by Gasteiger charge is 2.17. The normalized spacial score (nSPS) is 10.8. The van der Waals surface area contributed by atoms with E-state index in [1.807, 2.05) is 51.1 Å². The van der Waals surface area contributed by atoms with Crippen molar-refractivity contribution < 1.29 is 19.4 Å². The Hall–Kier alpha value is -3.14. The van der Waals surface area contributed by atoms with Gasteiger partial charge in [-0.2, -0.15) is 0 Å². The monoisotopic (exact) mass is 364 g/mol. The molecule has 0 saturated heterocycles. The van der Waals surface area contributed by atoms with Crippen molar-refractivity contribution in [3.8, 4) is 11.1 Å². The number of methoxy groups -OCH3 is 1. The third-order valence-electron chi connectivity index (χ3n) is 4.47. The van der Waals surface area contributed by atoms with Gasteiger partial charge in [-0.25, -0.2) is 4.79 Å². The minimum atomic E-state index is -0.885. The Morgan fingerprint density at radius 1 is 1.11 bits per heavy atom. The molecule has 0 aliphatic heterocycles. The van der Waals surface area contributed by atoms with Crippen LogP contribution in [0.3, 0.4) is 0 Å². The third kappa shape index (κ3) is 4.73. The average molecular weight is 364 g/mol. The van der Waals surface area contributed by atoms with Gasteiger partial charge in [0.25, 0.3) is 0 Å². The molecule has 4 nitrogen and oxygen atoms in total. The van der Waals surface area contributed by atoms with Crippen molar-refractivity contribution >= 4 is 18.0 Å². The number of aliphatic carboxylic acids is 1. The quantitative estimate of drug-likeness (QED) is 0.460. The third-order valence-corrected chi connectivity index (χ3v) is 4.47. The second-order valence-corrected chi connectivity index (χ2v) is 6.56. The number of carboxylic acid groups (broad SMARTS) is 1. The maximum absolute atomic E-state index is 11.6. The van der Waals surface area contributed by atoms with Crippen molar-refractivity contribution in [2.75, 3.05) is 7.11 Å². The van der Waals surface area contributed by atoms with E-state index in [1.54, 1.807) is 12.2 Å². The Kier molecular flexibility index (Phi) is 6.35. The molecule has 0 unspecified atom stereocenters. The highest BCUT2D eigenvalue weighted by Crippen LogP contribution is 2.34. The zero-order chi connectivity index (χ0) is 20.1. The molecule has 4 heteroatoms. The van der Waals surface area contributed by atoms with Crippen LogP contribution < -0.4 is 0 Å². The molecular formula is C23H24O4. The molecule has 0 saturated carbocycles. The molecule has 0 atom stereocenters. The van der Waals surface area contributed by atoms with E-state index in [1.165, 1.54) is 7.11 Å². The summed E-state index contributed by atoms with van der Waals surface area (Å²) in [6.07, 6.45) is 3.33. The van der Waals surface area contributed by atoms with Crippen LogP contribution in [-0.4, -0.2) is 24.2 Å². The number of esters is 1. The number of ether oxygens (including phenoxy) is 1. The Morgan fingerprint density at radius 3 is 2.30 bits per heavy atom. The summed E-state index contributed by atoms with van der Waals surface area (Å²) in [5.41, 5.74) is 6.70. The zero-order valence-corrected chi connectivity index (χ0v) is 16.1. The SMILES string of the molecule is C=C(/C=C\c1c(C)cc(C)c(CC(=O)O)c1-c1ccc(C)cc1)C(=O)OC. The van der Waals surface area contributed by atoms with Crippen LogP contribution in [0.2, 0.25) is 0 Å². The molecular weight excluding hydrogens is 340 g/mol. The van der Waals surface area contributed by atoms with Gasteiger partial charge in [-0.1, -0.05) is 48.6 Å². The molecule has 0 heterocycles. The van der Waals surface area contributed by atoms with Gasteiger partial charge in [-0.3, -0.25) is 4.79 Å². The highest BCUT2D eigenvalue weighted by atomic mass is 16.5. The minimum Gasteiger partial charge on any atom is -0.481 e. The predicted octanol–water partition coefficient (Wildman–Crippen LogP) is 4.65. The summed E-state index contributed by atoms with van der Waals surface area (Å²) in [6, 6.07) is 9.94. The van der Waals surface area contributed by atoms with E-state index >= 15 is 0 Å². The molecule has 0 radical (unpaired) electrons. The number of carboxylic acids is 1. The fourth-order valence-electron chi connectivity index (χ4n) is 3.07. The number of hydrogen-bond acceptors (Lipinski definition) is 3. The van der Waals surface area contributed by atoms with Gasteiger partial charge in [0.05, 0.1) is 19.1 Å². The Bertz CT molecular complexity index is 918. The van der Waals surface area contributed by atoms with Gasteiger partial charge in [0, 0.05) is 0 Å². The van der Waals surface area contributed by atoms with Crippen LogP contribution in [-0.2, 0) is 20.7 Å². The largest absolute Gasteiger partial charge is 0.481 e. The van der Waals surface area contributed by atoms with Crippen molar-refractivity contribution in [2.45, 2.75) is 27.2 Å². The number of benzene rings is 2. The summed E-state index contributed by atoms with van der Waals surface area (Å²) in [6.45, 7) is 9.61. The molecule has 1 N–H and O–H groups in total. The van der Waals surface area contributed by atoms with Crippen molar-refractivity contribution in [3.05, 3.63) is 76.4 Å². The van der Waals surface area contributed by atoms with Gasteiger partial charge in [0.1, 0.15) is 0 Å². The second-order valence-electron chi connectivity index (χ2n) is 6.56. The summed E-state index contributed by atoms with van der Waals surface area (Å²) >= 11 is 0. The number of carbonyl (C=O) groups excluding carboxylic acids is 1. The lowest BCUT2D eigenvalue weighted by Gasteiger charge is -2.18. The molecule has 140 valence electrons. The fraction of sp³-hybridized carbons (Fsp3) is 0.217. The van der Waals surface area contributed by atoms with E-state index < -0.39 is 11.9 Å².